The van der Waals surface area contributed by atoms with Crippen molar-refractivity contribution in [3.63, 3.8) is 0 Å². The van der Waals surface area contributed by atoms with Crippen LogP contribution in [0.3, 0.4) is 0 Å². The molecule has 1 aromatic heterocycles. The number of hydrogen-bond donors (Lipinski definition) is 1. The molecule has 1 saturated heterocycles. The van der Waals surface area contributed by atoms with Crippen LogP contribution in [0.4, 0.5) is 4.39 Å². The molecule has 1 fully saturated rings. The van der Waals surface area contributed by atoms with Crippen LogP contribution in [-0.4, -0.2) is 16.7 Å². The molecule has 6 heteroatoms. The molecule has 0 amide bonds. The van der Waals surface area contributed by atoms with Crippen LogP contribution in [0.2, 0.25) is 0 Å². The molecule has 1 atom stereocenters. The molecule has 0 bridgehead atoms. The Morgan fingerprint density at radius 2 is 2.14 bits per heavy atom. The Hall–Kier alpha value is -1.46. The monoisotopic (exact) mass is 311 g/mol. The highest BCUT2D eigenvalue weighted by molar-refractivity contribution is 5.85. The zero-order valence-corrected chi connectivity index (χ0v) is 13.0. The van der Waals surface area contributed by atoms with E-state index >= 15 is 0 Å². The van der Waals surface area contributed by atoms with Crippen LogP contribution >= 0.6 is 12.4 Å². The maximum absolute atomic E-state index is 13.6. The number of nitrogens with one attached hydrogen (secondary N) is 1. The molecule has 0 spiro atoms. The summed E-state index contributed by atoms with van der Waals surface area (Å²) in [6, 6.07) is 4.98. The summed E-state index contributed by atoms with van der Waals surface area (Å²) in [5, 5.41) is 7.41. The zero-order valence-electron chi connectivity index (χ0n) is 12.1. The third kappa shape index (κ3) is 3.09. The SMILES string of the molecule is Cc1ccc(-c2noc(C3(C)CCCCN3)n2)cc1F.Cl. The van der Waals surface area contributed by atoms with Crippen LogP contribution in [0.1, 0.15) is 37.6 Å². The summed E-state index contributed by atoms with van der Waals surface area (Å²) in [6.07, 6.45) is 3.27. The summed E-state index contributed by atoms with van der Waals surface area (Å²) in [7, 11) is 0. The third-order valence-corrected chi connectivity index (χ3v) is 3.95. The quantitative estimate of drug-likeness (QED) is 0.920. The molecule has 1 aliphatic heterocycles. The fourth-order valence-corrected chi connectivity index (χ4v) is 2.54. The van der Waals surface area contributed by atoms with Gasteiger partial charge in [-0.2, -0.15) is 4.98 Å². The number of piperidine rings is 1. The van der Waals surface area contributed by atoms with Crippen molar-refractivity contribution in [2.24, 2.45) is 0 Å². The maximum atomic E-state index is 13.6. The molecule has 0 saturated carbocycles. The first-order valence-corrected chi connectivity index (χ1v) is 6.94. The molecule has 3 rings (SSSR count). The van der Waals surface area contributed by atoms with E-state index < -0.39 is 0 Å². The Bertz CT molecular complexity index is 623. The van der Waals surface area contributed by atoms with Gasteiger partial charge in [0.1, 0.15) is 5.82 Å². The van der Waals surface area contributed by atoms with Crippen molar-refractivity contribution in [1.29, 1.82) is 0 Å². The molecule has 0 aliphatic carbocycles. The van der Waals surface area contributed by atoms with E-state index in [2.05, 4.69) is 22.4 Å². The van der Waals surface area contributed by atoms with Gasteiger partial charge < -0.3 is 9.84 Å². The van der Waals surface area contributed by atoms with E-state index in [1.807, 2.05) is 6.07 Å². The maximum Gasteiger partial charge on any atom is 0.246 e. The Kier molecular flexibility index (Phi) is 4.64. The van der Waals surface area contributed by atoms with Gasteiger partial charge >= 0.3 is 0 Å². The van der Waals surface area contributed by atoms with E-state index in [-0.39, 0.29) is 23.8 Å². The summed E-state index contributed by atoms with van der Waals surface area (Å²) in [5.74, 6) is 0.761. The van der Waals surface area contributed by atoms with Crippen molar-refractivity contribution >= 4 is 12.4 Å². The average Bonchev–Trinajstić information content (AvgIpc) is 2.93. The Morgan fingerprint density at radius 3 is 2.81 bits per heavy atom. The molecule has 21 heavy (non-hydrogen) atoms. The van der Waals surface area contributed by atoms with Crippen molar-refractivity contribution in [3.8, 4) is 11.4 Å². The normalized spacial score (nSPS) is 21.9. The van der Waals surface area contributed by atoms with Gasteiger partial charge in [0.15, 0.2) is 0 Å². The molecule has 114 valence electrons. The summed E-state index contributed by atoms with van der Waals surface area (Å²) < 4.78 is 19.0. The molecule has 1 aromatic carbocycles. The van der Waals surface area contributed by atoms with Gasteiger partial charge in [0.05, 0.1) is 5.54 Å². The number of benzene rings is 1. The lowest BCUT2D eigenvalue weighted by Gasteiger charge is -2.31. The van der Waals surface area contributed by atoms with Crippen molar-refractivity contribution in [2.45, 2.75) is 38.6 Å². The van der Waals surface area contributed by atoms with Gasteiger partial charge in [-0.1, -0.05) is 17.3 Å². The summed E-state index contributed by atoms with van der Waals surface area (Å²) in [4.78, 5) is 4.44. The summed E-state index contributed by atoms with van der Waals surface area (Å²) in [5.41, 5.74) is 0.980. The number of halogens is 2. The van der Waals surface area contributed by atoms with Gasteiger partial charge in [-0.3, -0.25) is 0 Å². The predicted octanol–water partition coefficient (Wildman–Crippen LogP) is 3.59. The van der Waals surface area contributed by atoms with Crippen LogP contribution in [0.5, 0.6) is 0 Å². The first kappa shape index (κ1) is 15.9. The van der Waals surface area contributed by atoms with E-state index in [1.165, 1.54) is 12.5 Å². The summed E-state index contributed by atoms with van der Waals surface area (Å²) >= 11 is 0. The van der Waals surface area contributed by atoms with Gasteiger partial charge in [0.2, 0.25) is 11.7 Å². The van der Waals surface area contributed by atoms with Gasteiger partial charge in [-0.15, -0.1) is 12.4 Å². The highest BCUT2D eigenvalue weighted by Gasteiger charge is 2.34. The smallest absolute Gasteiger partial charge is 0.246 e. The van der Waals surface area contributed by atoms with Crippen molar-refractivity contribution < 1.29 is 8.91 Å². The Balaban J connectivity index is 0.00000161. The molecule has 2 aromatic rings. The number of aromatic nitrogens is 2. The number of aryl methyl sites for hydroxylation is 1. The van der Waals surface area contributed by atoms with Gasteiger partial charge in [-0.25, -0.2) is 4.39 Å². The molecule has 4 nitrogen and oxygen atoms in total. The van der Waals surface area contributed by atoms with Crippen LogP contribution in [0.15, 0.2) is 22.7 Å². The van der Waals surface area contributed by atoms with E-state index in [0.29, 0.717) is 22.8 Å². The van der Waals surface area contributed by atoms with Crippen LogP contribution in [-0.2, 0) is 5.54 Å². The van der Waals surface area contributed by atoms with Gasteiger partial charge in [-0.05, 0) is 51.3 Å². The molecule has 1 unspecified atom stereocenters. The van der Waals surface area contributed by atoms with Gasteiger partial charge in [0, 0.05) is 5.56 Å². The topological polar surface area (TPSA) is 51.0 Å². The molecular formula is C15H19ClFN3O. The number of rotatable bonds is 2. The van der Waals surface area contributed by atoms with Crippen LogP contribution < -0.4 is 5.32 Å². The summed E-state index contributed by atoms with van der Waals surface area (Å²) in [6.45, 7) is 4.75. The van der Waals surface area contributed by atoms with Crippen molar-refractivity contribution in [2.75, 3.05) is 6.54 Å². The van der Waals surface area contributed by atoms with E-state index in [9.17, 15) is 4.39 Å². The fourth-order valence-electron chi connectivity index (χ4n) is 2.54. The van der Waals surface area contributed by atoms with Crippen molar-refractivity contribution in [1.82, 2.24) is 15.5 Å². The average molecular weight is 312 g/mol. The molecular weight excluding hydrogens is 293 g/mol. The lowest BCUT2D eigenvalue weighted by Crippen LogP contribution is -2.43. The molecule has 1 N–H and O–H groups in total. The van der Waals surface area contributed by atoms with Crippen LogP contribution in [0.25, 0.3) is 11.4 Å². The zero-order chi connectivity index (χ0) is 14.2. The minimum atomic E-state index is -0.271. The highest BCUT2D eigenvalue weighted by atomic mass is 35.5. The second-order valence-electron chi connectivity index (χ2n) is 5.60. The molecule has 1 aliphatic rings. The molecule has 0 radical (unpaired) electrons. The van der Waals surface area contributed by atoms with E-state index in [0.717, 1.165) is 19.4 Å². The third-order valence-electron chi connectivity index (χ3n) is 3.95. The second kappa shape index (κ2) is 6.12. The lowest BCUT2D eigenvalue weighted by atomic mass is 9.91. The predicted molar refractivity (Wildman–Crippen MR) is 80.9 cm³/mol. The minimum Gasteiger partial charge on any atom is -0.337 e. The second-order valence-corrected chi connectivity index (χ2v) is 5.60. The van der Waals surface area contributed by atoms with Gasteiger partial charge in [0.25, 0.3) is 0 Å². The number of hydrogen-bond acceptors (Lipinski definition) is 4. The standard InChI is InChI=1S/C15H18FN3O.ClH/c1-10-5-6-11(9-12(10)16)13-18-14(20-19-13)15(2)7-3-4-8-17-15;/h5-6,9,17H,3-4,7-8H2,1-2H3;1H. The minimum absolute atomic E-state index is 0. The van der Waals surface area contributed by atoms with E-state index in [1.54, 1.807) is 13.0 Å². The van der Waals surface area contributed by atoms with Crippen molar-refractivity contribution in [3.05, 3.63) is 35.5 Å². The number of nitrogens with zero attached hydrogens (tertiary/aromatic N) is 2. The Labute approximate surface area is 129 Å². The highest BCUT2D eigenvalue weighted by Crippen LogP contribution is 2.30. The largest absolute Gasteiger partial charge is 0.337 e. The van der Waals surface area contributed by atoms with Crippen LogP contribution in [0, 0.1) is 12.7 Å². The fraction of sp³-hybridized carbons (Fsp3) is 0.467. The first-order valence-electron chi connectivity index (χ1n) is 6.94. The van der Waals surface area contributed by atoms with E-state index in [4.69, 9.17) is 4.52 Å². The first-order chi connectivity index (χ1) is 9.58. The lowest BCUT2D eigenvalue weighted by molar-refractivity contribution is 0.207. The molecule has 2 heterocycles. The Morgan fingerprint density at radius 1 is 1.33 bits per heavy atom.